The predicted octanol–water partition coefficient (Wildman–Crippen LogP) is 36.0. The van der Waals surface area contributed by atoms with Gasteiger partial charge in [-0.15, -0.1) is 11.3 Å². The maximum Gasteiger partial charge on any atom is 0.143 e. The van der Waals surface area contributed by atoms with Crippen molar-refractivity contribution >= 4 is 87.6 Å². The first-order chi connectivity index (χ1) is 69.8. The Hall–Kier alpha value is -17.5. The number of furan rings is 1. The van der Waals surface area contributed by atoms with E-state index in [0.29, 0.717) is 0 Å². The molecule has 0 saturated heterocycles. The number of thiophene rings is 1. The number of benzene rings is 21. The number of para-hydroxylation sites is 1. The van der Waals surface area contributed by atoms with Gasteiger partial charge in [0, 0.05) is 70.6 Å². The van der Waals surface area contributed by atoms with Crippen molar-refractivity contribution < 1.29 is 4.42 Å². The third-order valence-corrected chi connectivity index (χ3v) is 32.2. The van der Waals surface area contributed by atoms with Gasteiger partial charge >= 0.3 is 0 Å². The van der Waals surface area contributed by atoms with E-state index in [9.17, 15) is 0 Å². The Morgan fingerprint density at radius 2 is 0.589 bits per heavy atom. The molecule has 4 heteroatoms. The molecule has 21 aromatic carbocycles. The van der Waals surface area contributed by atoms with Gasteiger partial charge in [0.05, 0.1) is 21.7 Å². The quantitative estimate of drug-likeness (QED) is 0.0753. The lowest BCUT2D eigenvalue weighted by Gasteiger charge is -2.36. The molecule has 0 saturated carbocycles. The van der Waals surface area contributed by atoms with Gasteiger partial charge in [0.25, 0.3) is 0 Å². The van der Waals surface area contributed by atoms with Crippen LogP contribution in [-0.2, 0) is 21.7 Å². The van der Waals surface area contributed by atoms with E-state index in [0.717, 1.165) is 83.9 Å². The first kappa shape index (κ1) is 82.9. The molecule has 662 valence electrons. The van der Waals surface area contributed by atoms with Crippen molar-refractivity contribution in [3.63, 3.8) is 0 Å². The highest BCUT2D eigenvalue weighted by molar-refractivity contribution is 7.26. The highest BCUT2D eigenvalue weighted by atomic mass is 32.1. The molecule has 2 atom stereocenters. The fourth-order valence-corrected chi connectivity index (χ4v) is 26.3. The number of allylic oxidation sites excluding steroid dienone is 5. The van der Waals surface area contributed by atoms with E-state index in [1.165, 1.54) is 159 Å². The minimum absolute atomic E-state index is 0.631. The van der Waals surface area contributed by atoms with Crippen LogP contribution in [0, 0.1) is 0 Å². The normalized spacial score (nSPS) is 15.3. The number of hydrogen-bond donors (Lipinski definition) is 0. The fourth-order valence-electron chi connectivity index (χ4n) is 25.1. The zero-order valence-corrected chi connectivity index (χ0v) is 78.5. The topological polar surface area (TPSA) is 19.6 Å². The monoisotopic (exact) mass is 1810 g/mol. The minimum atomic E-state index is -0.761. The van der Waals surface area contributed by atoms with Crippen molar-refractivity contribution in [3.8, 4) is 77.9 Å². The summed E-state index contributed by atoms with van der Waals surface area (Å²) in [4.78, 5) is 5.04. The second-order valence-corrected chi connectivity index (χ2v) is 38.9. The largest absolute Gasteiger partial charge is 0.455 e. The van der Waals surface area contributed by atoms with Crippen molar-refractivity contribution in [2.24, 2.45) is 0 Å². The molecular formula is C137H92N2OS. The number of hydrogen-bond acceptors (Lipinski definition) is 4. The average Bonchev–Trinajstić information content (AvgIpc) is 1.55. The fraction of sp³-hybridized carbons (Fsp3) is 0.0365. The summed E-state index contributed by atoms with van der Waals surface area (Å²) in [7, 11) is 0. The standard InChI is InChI=1S/C137H92N2OS/c1-3-4-11-38-90(2)134(95-41-12-5-13-42-95)122-64-29-24-55-110(122)114-78-74-104(86-126(114)134)138(105-75-79-115-111-56-25-30-65-123(111)135(127(115)87-105,96-43-14-6-15-44-96)97-45-16-7-17-46-97)102-53-34-39-93(83-102)108-60-36-62-119-121-85-92(71-82-130(121)140-132(108)119)91-69-72-101(73-70-91)137(100-51-22-10-23-52-100)125-67-32-27-58-113(125)117-81-77-107(89-129(117)137)139(103-54-35-40-94(84-103)109-61-37-63-120-118-59-28-33-68-131(118)141-133(109)120)106-76-80-116-112-57-26-31-66-124(112)136(128(116)88-106,98-47-18-8-19-48-98)99-49-20-9-21-50-99/h3-89H,1H2,2H3/b11-4-,90-38+. The van der Waals surface area contributed by atoms with Gasteiger partial charge in [0.15, 0.2) is 0 Å². The third kappa shape index (κ3) is 12.5. The molecule has 0 aliphatic heterocycles. The van der Waals surface area contributed by atoms with E-state index in [4.69, 9.17) is 4.42 Å². The van der Waals surface area contributed by atoms with Gasteiger partial charge in [-0.2, -0.15) is 0 Å². The van der Waals surface area contributed by atoms with Crippen molar-refractivity contribution in [2.75, 3.05) is 9.80 Å². The maximum atomic E-state index is 7.29. The summed E-state index contributed by atoms with van der Waals surface area (Å²) in [5.41, 5.74) is 41.2. The molecule has 0 spiro atoms. The minimum Gasteiger partial charge on any atom is -0.455 e. The van der Waals surface area contributed by atoms with Gasteiger partial charge in [0.2, 0.25) is 0 Å². The van der Waals surface area contributed by atoms with Crippen LogP contribution in [0.1, 0.15) is 90.4 Å². The van der Waals surface area contributed by atoms with Crippen LogP contribution in [0.2, 0.25) is 0 Å². The lowest BCUT2D eigenvalue weighted by atomic mass is 9.67. The van der Waals surface area contributed by atoms with Gasteiger partial charge in [-0.3, -0.25) is 0 Å². The van der Waals surface area contributed by atoms with Crippen molar-refractivity contribution in [3.05, 3.63) is 623 Å². The molecule has 4 aliphatic carbocycles. The van der Waals surface area contributed by atoms with Gasteiger partial charge in [-0.05, 0) is 254 Å². The summed E-state index contributed by atoms with van der Waals surface area (Å²) in [5.74, 6) is 0. The summed E-state index contributed by atoms with van der Waals surface area (Å²) >= 11 is 1.88. The zero-order chi connectivity index (χ0) is 93.5. The van der Waals surface area contributed by atoms with Crippen LogP contribution in [0.15, 0.2) is 544 Å². The van der Waals surface area contributed by atoms with Crippen molar-refractivity contribution in [1.29, 1.82) is 0 Å². The first-order valence-electron chi connectivity index (χ1n) is 48.8. The Morgan fingerprint density at radius 3 is 1.06 bits per heavy atom. The Balaban J connectivity index is 0.596. The van der Waals surface area contributed by atoms with Crippen LogP contribution >= 0.6 is 11.3 Å². The van der Waals surface area contributed by atoms with E-state index < -0.39 is 21.7 Å². The second-order valence-electron chi connectivity index (χ2n) is 37.9. The van der Waals surface area contributed by atoms with Crippen LogP contribution < -0.4 is 9.80 Å². The average molecular weight is 1810 g/mol. The van der Waals surface area contributed by atoms with E-state index in [2.05, 4.69) is 539 Å². The summed E-state index contributed by atoms with van der Waals surface area (Å²) in [5, 5.41) is 4.66. The van der Waals surface area contributed by atoms with Gasteiger partial charge in [-0.25, -0.2) is 0 Å². The molecule has 3 nitrogen and oxygen atoms in total. The number of anilines is 6. The third-order valence-electron chi connectivity index (χ3n) is 31.0. The molecule has 0 fully saturated rings. The van der Waals surface area contributed by atoms with Gasteiger partial charge < -0.3 is 14.2 Å². The summed E-state index contributed by atoms with van der Waals surface area (Å²) in [6.45, 7) is 6.38. The molecule has 2 aromatic heterocycles. The van der Waals surface area contributed by atoms with Gasteiger partial charge in [-0.1, -0.05) is 449 Å². The molecule has 0 bridgehead atoms. The molecule has 0 amide bonds. The molecule has 0 radical (unpaired) electrons. The number of fused-ring (bicyclic) bond motifs is 18. The Labute approximate surface area is 825 Å². The smallest absolute Gasteiger partial charge is 0.143 e. The van der Waals surface area contributed by atoms with Gasteiger partial charge in [0.1, 0.15) is 11.2 Å². The number of rotatable bonds is 19. The molecule has 0 N–H and O–H groups in total. The number of nitrogens with zero attached hydrogens (tertiary/aromatic N) is 2. The highest BCUT2D eigenvalue weighted by Gasteiger charge is 2.52. The Bertz CT molecular complexity index is 8940. The van der Waals surface area contributed by atoms with Crippen molar-refractivity contribution in [2.45, 2.75) is 28.6 Å². The molecule has 4 aliphatic rings. The van der Waals surface area contributed by atoms with Crippen LogP contribution in [0.5, 0.6) is 0 Å². The van der Waals surface area contributed by atoms with Crippen LogP contribution in [0.25, 0.3) is 120 Å². The summed E-state index contributed by atoms with van der Waals surface area (Å²) in [6.07, 6.45) is 8.29. The molecule has 27 rings (SSSR count). The molecular weight excluding hydrogens is 1720 g/mol. The molecule has 23 aromatic rings. The van der Waals surface area contributed by atoms with E-state index in [-0.39, 0.29) is 0 Å². The second kappa shape index (κ2) is 33.1. The van der Waals surface area contributed by atoms with Crippen LogP contribution in [0.4, 0.5) is 34.1 Å². The van der Waals surface area contributed by atoms with E-state index in [1.54, 1.807) is 0 Å². The Morgan fingerprint density at radius 1 is 0.241 bits per heavy atom. The Kier molecular flexibility index (Phi) is 19.5. The summed E-state index contributed by atoms with van der Waals surface area (Å²) in [6, 6.07) is 189. The maximum absolute atomic E-state index is 7.29. The predicted molar refractivity (Wildman–Crippen MR) is 589 cm³/mol. The molecule has 141 heavy (non-hydrogen) atoms. The van der Waals surface area contributed by atoms with E-state index in [1.807, 2.05) is 23.5 Å². The zero-order valence-electron chi connectivity index (χ0n) is 77.6. The molecule has 2 heterocycles. The molecule has 2 unspecified atom stereocenters. The summed E-state index contributed by atoms with van der Waals surface area (Å²) < 4.78 is 9.86. The van der Waals surface area contributed by atoms with Crippen LogP contribution in [-0.4, -0.2) is 0 Å². The lowest BCUT2D eigenvalue weighted by molar-refractivity contribution is 0.670. The van der Waals surface area contributed by atoms with Crippen molar-refractivity contribution in [1.82, 2.24) is 0 Å². The van der Waals surface area contributed by atoms with E-state index >= 15 is 0 Å². The lowest BCUT2D eigenvalue weighted by Crippen LogP contribution is -2.29. The van der Waals surface area contributed by atoms with Crippen LogP contribution in [0.3, 0.4) is 0 Å². The first-order valence-corrected chi connectivity index (χ1v) is 49.7. The SMILES string of the molecule is C=C/C=C\C=C(/C)C1(c2ccccc2)c2ccccc2-c2ccc(N(c3cccc(-c4cccc5c4oc4ccc(-c6ccc(C7(c8ccccc8)c8ccccc8-c8ccc(N(c9cccc(-c%10cccc%11c%10sc%10ccccc%10%11)c9)c9ccc%10c(c9)C(c9ccccc9)(c9ccccc9)c9ccccc9-%10)cc87)cc6)cc45)c3)c3ccc4c(c3)C(c3ccccc3)(c3ccccc3)c3ccccc3-4)cc21. The highest BCUT2D eigenvalue weighted by Crippen LogP contribution is 2.64.